The van der Waals surface area contributed by atoms with Crippen molar-refractivity contribution < 1.29 is 22.3 Å². The number of rotatable bonds is 5. The van der Waals surface area contributed by atoms with Crippen molar-refractivity contribution in [3.05, 3.63) is 59.4 Å². The first-order valence-electron chi connectivity index (χ1n) is 7.88. The zero-order valence-corrected chi connectivity index (χ0v) is 15.5. The third-order valence-corrected chi connectivity index (χ3v) is 5.18. The van der Waals surface area contributed by atoms with Crippen molar-refractivity contribution in [3.8, 4) is 11.5 Å². The maximum atomic E-state index is 13.6. The minimum atomic E-state index is -3.63. The highest BCUT2D eigenvalue weighted by atomic mass is 32.2. The molecule has 0 N–H and O–H groups in total. The van der Waals surface area contributed by atoms with Gasteiger partial charge in [-0.1, -0.05) is 12.1 Å². The number of nitrogens with zero attached hydrogens (tertiary/aromatic N) is 2. The van der Waals surface area contributed by atoms with Crippen LogP contribution in [0.15, 0.2) is 47.6 Å². The summed E-state index contributed by atoms with van der Waals surface area (Å²) in [6, 6.07) is 10.5. The summed E-state index contributed by atoms with van der Waals surface area (Å²) in [5.41, 5.74) is 1.76. The van der Waals surface area contributed by atoms with Crippen LogP contribution in [0.1, 0.15) is 23.6 Å². The van der Waals surface area contributed by atoms with Crippen molar-refractivity contribution in [2.75, 3.05) is 20.5 Å². The Kier molecular flexibility index (Phi) is 4.86. The Hall–Kier alpha value is -2.61. The Labute approximate surface area is 151 Å². The molecule has 3 rings (SSSR count). The van der Waals surface area contributed by atoms with Crippen LogP contribution in [-0.4, -0.2) is 39.0 Å². The van der Waals surface area contributed by atoms with Crippen LogP contribution < -0.4 is 9.47 Å². The van der Waals surface area contributed by atoms with Crippen molar-refractivity contribution in [2.45, 2.75) is 12.5 Å². The van der Waals surface area contributed by atoms with Crippen molar-refractivity contribution in [2.24, 2.45) is 5.10 Å². The molecule has 0 aliphatic carbocycles. The summed E-state index contributed by atoms with van der Waals surface area (Å²) < 4.78 is 49.6. The van der Waals surface area contributed by atoms with Crippen LogP contribution in [0.5, 0.6) is 11.5 Å². The van der Waals surface area contributed by atoms with Gasteiger partial charge < -0.3 is 9.47 Å². The van der Waals surface area contributed by atoms with Crippen LogP contribution in [0.2, 0.25) is 0 Å². The summed E-state index contributed by atoms with van der Waals surface area (Å²) in [5.74, 6) is 0.716. The topological polar surface area (TPSA) is 68.2 Å². The molecule has 0 saturated heterocycles. The number of benzene rings is 2. The maximum Gasteiger partial charge on any atom is 0.247 e. The molecule has 0 spiro atoms. The molecule has 0 bridgehead atoms. The minimum absolute atomic E-state index is 0.305. The molecule has 0 amide bonds. The summed E-state index contributed by atoms with van der Waals surface area (Å²) >= 11 is 0. The molecule has 138 valence electrons. The first kappa shape index (κ1) is 18.2. The fourth-order valence-corrected chi connectivity index (χ4v) is 3.86. The van der Waals surface area contributed by atoms with E-state index in [-0.39, 0.29) is 0 Å². The molecule has 0 saturated carbocycles. The van der Waals surface area contributed by atoms with Gasteiger partial charge in [-0.25, -0.2) is 12.8 Å². The van der Waals surface area contributed by atoms with Crippen LogP contribution >= 0.6 is 0 Å². The van der Waals surface area contributed by atoms with Gasteiger partial charge >= 0.3 is 0 Å². The smallest absolute Gasteiger partial charge is 0.247 e. The number of halogens is 1. The average Bonchev–Trinajstić information content (AvgIpc) is 3.06. The fourth-order valence-electron chi connectivity index (χ4n) is 2.96. The third-order valence-electron chi connectivity index (χ3n) is 4.17. The predicted octanol–water partition coefficient (Wildman–Crippen LogP) is 2.95. The molecule has 0 aromatic heterocycles. The normalized spacial score (nSPS) is 17.2. The monoisotopic (exact) mass is 378 g/mol. The van der Waals surface area contributed by atoms with E-state index in [2.05, 4.69) is 5.10 Å². The van der Waals surface area contributed by atoms with Crippen molar-refractivity contribution >= 4 is 15.7 Å². The SMILES string of the molecule is COc1ccc(C2=NN(S(C)(=O)=O)[C@H](c3cccc(F)c3)C2)c(OC)c1. The molecule has 8 heteroatoms. The Morgan fingerprint density at radius 3 is 2.54 bits per heavy atom. The fraction of sp³-hybridized carbons (Fsp3) is 0.278. The maximum absolute atomic E-state index is 13.6. The summed E-state index contributed by atoms with van der Waals surface area (Å²) in [6.07, 6.45) is 1.39. The zero-order valence-electron chi connectivity index (χ0n) is 14.6. The molecule has 6 nitrogen and oxygen atoms in total. The Bertz CT molecular complexity index is 959. The number of hydrogen-bond acceptors (Lipinski definition) is 5. The number of hydrogen-bond donors (Lipinski definition) is 0. The van der Waals surface area contributed by atoms with Gasteiger partial charge in [-0.2, -0.15) is 9.52 Å². The molecular formula is C18H19FN2O4S. The second kappa shape index (κ2) is 6.95. The van der Waals surface area contributed by atoms with Gasteiger partial charge in [0.15, 0.2) is 0 Å². The lowest BCUT2D eigenvalue weighted by Crippen LogP contribution is -2.26. The van der Waals surface area contributed by atoms with Crippen LogP contribution in [0, 0.1) is 5.82 Å². The number of hydrazone groups is 1. The van der Waals surface area contributed by atoms with Crippen LogP contribution in [0.25, 0.3) is 0 Å². The lowest BCUT2D eigenvalue weighted by molar-refractivity contribution is 0.373. The van der Waals surface area contributed by atoms with Gasteiger partial charge in [-0.05, 0) is 29.8 Å². The number of sulfonamides is 1. The Morgan fingerprint density at radius 1 is 1.15 bits per heavy atom. The Balaban J connectivity index is 2.05. The van der Waals surface area contributed by atoms with Crippen LogP contribution in [0.4, 0.5) is 4.39 Å². The molecule has 1 aliphatic heterocycles. The van der Waals surface area contributed by atoms with Crippen LogP contribution in [0.3, 0.4) is 0 Å². The molecule has 2 aromatic carbocycles. The molecule has 1 heterocycles. The third kappa shape index (κ3) is 3.50. The van der Waals surface area contributed by atoms with Crippen molar-refractivity contribution in [1.29, 1.82) is 0 Å². The van der Waals surface area contributed by atoms with Gasteiger partial charge in [0.25, 0.3) is 0 Å². The molecule has 0 radical (unpaired) electrons. The molecule has 1 atom stereocenters. The van der Waals surface area contributed by atoms with Crippen molar-refractivity contribution in [3.63, 3.8) is 0 Å². The predicted molar refractivity (Wildman–Crippen MR) is 96.5 cm³/mol. The molecule has 0 unspecified atom stereocenters. The van der Waals surface area contributed by atoms with E-state index in [4.69, 9.17) is 9.47 Å². The summed E-state index contributed by atoms with van der Waals surface area (Å²) in [7, 11) is -0.560. The lowest BCUT2D eigenvalue weighted by Gasteiger charge is -2.21. The van der Waals surface area contributed by atoms with E-state index in [1.807, 2.05) is 0 Å². The van der Waals surface area contributed by atoms with E-state index in [1.54, 1.807) is 37.4 Å². The quantitative estimate of drug-likeness (QED) is 0.802. The standard InChI is InChI=1S/C18H19FN2O4S/c1-24-14-7-8-15(18(10-14)25-2)16-11-17(21(20-16)26(3,22)23)12-5-4-6-13(19)9-12/h4-10,17H,11H2,1-3H3/t17-/m0/s1. The van der Waals surface area contributed by atoms with E-state index >= 15 is 0 Å². The summed E-state index contributed by atoms with van der Waals surface area (Å²) in [6.45, 7) is 0. The largest absolute Gasteiger partial charge is 0.497 e. The van der Waals surface area contributed by atoms with Gasteiger partial charge in [-0.15, -0.1) is 0 Å². The van der Waals surface area contributed by atoms with Gasteiger partial charge in [-0.3, -0.25) is 0 Å². The second-order valence-corrected chi connectivity index (χ2v) is 7.76. The molecule has 2 aromatic rings. The molecule has 1 aliphatic rings. The highest BCUT2D eigenvalue weighted by Crippen LogP contribution is 2.37. The first-order chi connectivity index (χ1) is 12.3. The highest BCUT2D eigenvalue weighted by Gasteiger charge is 2.35. The average molecular weight is 378 g/mol. The van der Waals surface area contributed by atoms with E-state index < -0.39 is 21.9 Å². The molecule has 0 fully saturated rings. The van der Waals surface area contributed by atoms with Gasteiger partial charge in [0.2, 0.25) is 10.0 Å². The molecule has 26 heavy (non-hydrogen) atoms. The Morgan fingerprint density at radius 2 is 1.92 bits per heavy atom. The van der Waals surface area contributed by atoms with E-state index in [1.165, 1.54) is 19.2 Å². The lowest BCUT2D eigenvalue weighted by atomic mass is 9.98. The van der Waals surface area contributed by atoms with Gasteiger partial charge in [0, 0.05) is 18.1 Å². The van der Waals surface area contributed by atoms with Gasteiger partial charge in [0.05, 0.1) is 32.2 Å². The van der Waals surface area contributed by atoms with E-state index in [9.17, 15) is 12.8 Å². The molecular weight excluding hydrogens is 359 g/mol. The zero-order chi connectivity index (χ0) is 18.9. The van der Waals surface area contributed by atoms with Crippen LogP contribution in [-0.2, 0) is 10.0 Å². The highest BCUT2D eigenvalue weighted by molar-refractivity contribution is 7.88. The second-order valence-electron chi connectivity index (χ2n) is 5.92. The number of methoxy groups -OCH3 is 2. The van der Waals surface area contributed by atoms with Gasteiger partial charge in [0.1, 0.15) is 17.3 Å². The minimum Gasteiger partial charge on any atom is -0.497 e. The van der Waals surface area contributed by atoms with Crippen molar-refractivity contribution in [1.82, 2.24) is 4.41 Å². The van der Waals surface area contributed by atoms with E-state index in [0.717, 1.165) is 10.7 Å². The number of ether oxygens (including phenoxy) is 2. The first-order valence-corrected chi connectivity index (χ1v) is 9.73. The van der Waals surface area contributed by atoms with E-state index in [0.29, 0.717) is 34.8 Å². The summed E-state index contributed by atoms with van der Waals surface area (Å²) in [5, 5.41) is 4.30. The summed E-state index contributed by atoms with van der Waals surface area (Å²) in [4.78, 5) is 0.